The molecular weight excluding hydrogens is 248 g/mol. The Bertz CT molecular complexity index is 393. The van der Waals surface area contributed by atoms with Crippen molar-refractivity contribution >= 4 is 0 Å². The number of unbranched alkanes of at least 4 members (excludes halogenated alkanes) is 1. The summed E-state index contributed by atoms with van der Waals surface area (Å²) in [6, 6.07) is 0.689. The minimum atomic E-state index is 0.689. The lowest BCUT2D eigenvalue weighted by atomic mass is 10.1. The van der Waals surface area contributed by atoms with Gasteiger partial charge in [0, 0.05) is 37.9 Å². The molecule has 114 valence electrons. The van der Waals surface area contributed by atoms with E-state index in [1.807, 2.05) is 11.7 Å². The summed E-state index contributed by atoms with van der Waals surface area (Å²) in [4.78, 5) is 2.61. The summed E-state index contributed by atoms with van der Waals surface area (Å²) in [5.41, 5.74) is 2.66. The van der Waals surface area contributed by atoms with Gasteiger partial charge in [-0.05, 0) is 38.8 Å². The normalized spacial score (nSPS) is 19.1. The number of nitrogens with one attached hydrogen (secondary N) is 1. The number of rotatable bonds is 8. The maximum Gasteiger partial charge on any atom is 0.0666 e. The molecule has 1 aliphatic rings. The number of nitrogens with zero attached hydrogens (tertiary/aromatic N) is 3. The van der Waals surface area contributed by atoms with Crippen molar-refractivity contribution in [2.75, 3.05) is 19.6 Å². The summed E-state index contributed by atoms with van der Waals surface area (Å²) in [6.07, 6.45) is 8.44. The van der Waals surface area contributed by atoms with Crippen LogP contribution in [0.15, 0.2) is 6.20 Å². The van der Waals surface area contributed by atoms with Crippen LogP contribution < -0.4 is 5.32 Å². The van der Waals surface area contributed by atoms with E-state index >= 15 is 0 Å². The van der Waals surface area contributed by atoms with Gasteiger partial charge in [0.25, 0.3) is 0 Å². The molecule has 0 spiro atoms. The number of aryl methyl sites for hydroxylation is 2. The minimum Gasteiger partial charge on any atom is -0.313 e. The predicted octanol–water partition coefficient (Wildman–Crippen LogP) is 2.34. The Morgan fingerprint density at radius 1 is 1.45 bits per heavy atom. The van der Waals surface area contributed by atoms with Crippen LogP contribution >= 0.6 is 0 Å². The van der Waals surface area contributed by atoms with E-state index in [1.54, 1.807) is 0 Å². The van der Waals surface area contributed by atoms with Crippen LogP contribution in [0.4, 0.5) is 0 Å². The van der Waals surface area contributed by atoms with Crippen LogP contribution in [-0.2, 0) is 20.0 Å². The van der Waals surface area contributed by atoms with Crippen LogP contribution in [0.1, 0.15) is 50.8 Å². The van der Waals surface area contributed by atoms with Gasteiger partial charge in [-0.15, -0.1) is 0 Å². The molecule has 0 bridgehead atoms. The minimum absolute atomic E-state index is 0.689. The van der Waals surface area contributed by atoms with Crippen molar-refractivity contribution in [1.29, 1.82) is 0 Å². The summed E-state index contributed by atoms with van der Waals surface area (Å²) in [6.45, 7) is 9.09. The lowest BCUT2D eigenvalue weighted by molar-refractivity contribution is 0.237. The Balaban J connectivity index is 1.97. The molecule has 4 heteroatoms. The number of hydrogen-bond acceptors (Lipinski definition) is 3. The van der Waals surface area contributed by atoms with Crippen LogP contribution in [-0.4, -0.2) is 40.4 Å². The highest BCUT2D eigenvalue weighted by Gasteiger charge is 2.19. The van der Waals surface area contributed by atoms with Crippen molar-refractivity contribution in [3.8, 4) is 0 Å². The second kappa shape index (κ2) is 7.79. The highest BCUT2D eigenvalue weighted by atomic mass is 15.3. The van der Waals surface area contributed by atoms with E-state index in [-0.39, 0.29) is 0 Å². The summed E-state index contributed by atoms with van der Waals surface area (Å²) in [7, 11) is 2.03. The lowest BCUT2D eigenvalue weighted by Gasteiger charge is -2.25. The summed E-state index contributed by atoms with van der Waals surface area (Å²) >= 11 is 0. The van der Waals surface area contributed by atoms with E-state index in [0.717, 1.165) is 13.0 Å². The Morgan fingerprint density at radius 2 is 2.30 bits per heavy atom. The third-order valence-electron chi connectivity index (χ3n) is 4.19. The van der Waals surface area contributed by atoms with E-state index in [0.29, 0.717) is 6.04 Å². The van der Waals surface area contributed by atoms with E-state index in [1.165, 1.54) is 56.6 Å². The first-order valence-electron chi connectivity index (χ1n) is 8.20. The van der Waals surface area contributed by atoms with Gasteiger partial charge in [-0.2, -0.15) is 5.10 Å². The third kappa shape index (κ3) is 4.32. The van der Waals surface area contributed by atoms with Gasteiger partial charge in [0.1, 0.15) is 0 Å². The molecule has 4 nitrogen and oxygen atoms in total. The van der Waals surface area contributed by atoms with E-state index in [4.69, 9.17) is 0 Å². The average molecular weight is 278 g/mol. The van der Waals surface area contributed by atoms with E-state index in [2.05, 4.69) is 35.4 Å². The molecule has 2 heterocycles. The molecule has 0 saturated carbocycles. The van der Waals surface area contributed by atoms with Gasteiger partial charge in [0.2, 0.25) is 0 Å². The predicted molar refractivity (Wildman–Crippen MR) is 83.8 cm³/mol. The molecule has 1 aromatic heterocycles. The summed E-state index contributed by atoms with van der Waals surface area (Å²) in [5, 5.41) is 8.19. The van der Waals surface area contributed by atoms with Gasteiger partial charge in [0.15, 0.2) is 0 Å². The number of aromatic nitrogens is 2. The van der Waals surface area contributed by atoms with Gasteiger partial charge in [-0.3, -0.25) is 9.58 Å². The molecule has 0 aliphatic carbocycles. The second-order valence-electron chi connectivity index (χ2n) is 6.01. The molecule has 1 aliphatic heterocycles. The zero-order chi connectivity index (χ0) is 14.4. The van der Waals surface area contributed by atoms with Crippen molar-refractivity contribution in [3.63, 3.8) is 0 Å². The van der Waals surface area contributed by atoms with Crippen LogP contribution in [0, 0.1) is 0 Å². The molecule has 20 heavy (non-hydrogen) atoms. The van der Waals surface area contributed by atoms with Gasteiger partial charge in [-0.25, -0.2) is 0 Å². The molecule has 0 amide bonds. The first-order chi connectivity index (χ1) is 9.72. The highest BCUT2D eigenvalue weighted by Crippen LogP contribution is 2.14. The summed E-state index contributed by atoms with van der Waals surface area (Å²) in [5.74, 6) is 0. The van der Waals surface area contributed by atoms with Gasteiger partial charge in [-0.1, -0.05) is 20.3 Å². The fraction of sp³-hybridized carbons (Fsp3) is 0.812. The maximum absolute atomic E-state index is 4.57. The van der Waals surface area contributed by atoms with Gasteiger partial charge < -0.3 is 5.32 Å². The Labute approximate surface area is 123 Å². The number of hydrogen-bond donors (Lipinski definition) is 1. The Morgan fingerprint density at radius 3 is 2.95 bits per heavy atom. The van der Waals surface area contributed by atoms with Crippen molar-refractivity contribution in [3.05, 3.63) is 17.5 Å². The fourth-order valence-corrected chi connectivity index (χ4v) is 3.10. The monoisotopic (exact) mass is 278 g/mol. The quantitative estimate of drug-likeness (QED) is 0.792. The molecule has 1 saturated heterocycles. The van der Waals surface area contributed by atoms with Crippen LogP contribution in [0.5, 0.6) is 0 Å². The first-order valence-corrected chi connectivity index (χ1v) is 8.20. The van der Waals surface area contributed by atoms with Crippen LogP contribution in [0.2, 0.25) is 0 Å². The van der Waals surface area contributed by atoms with Crippen LogP contribution in [0.3, 0.4) is 0 Å². The van der Waals surface area contributed by atoms with Crippen molar-refractivity contribution < 1.29 is 0 Å². The molecule has 1 unspecified atom stereocenters. The molecule has 1 atom stereocenters. The molecule has 1 N–H and O–H groups in total. The second-order valence-corrected chi connectivity index (χ2v) is 6.01. The van der Waals surface area contributed by atoms with Crippen molar-refractivity contribution in [2.45, 2.75) is 58.5 Å². The van der Waals surface area contributed by atoms with Gasteiger partial charge >= 0.3 is 0 Å². The molecule has 2 rings (SSSR count). The van der Waals surface area contributed by atoms with Crippen molar-refractivity contribution in [2.24, 2.45) is 7.05 Å². The first kappa shape index (κ1) is 15.5. The third-order valence-corrected chi connectivity index (χ3v) is 4.19. The Hall–Kier alpha value is -0.870. The molecule has 1 fully saturated rings. The van der Waals surface area contributed by atoms with E-state index in [9.17, 15) is 0 Å². The smallest absolute Gasteiger partial charge is 0.0666 e. The fourth-order valence-electron chi connectivity index (χ4n) is 3.10. The zero-order valence-electron chi connectivity index (χ0n) is 13.4. The topological polar surface area (TPSA) is 33.1 Å². The van der Waals surface area contributed by atoms with Gasteiger partial charge in [0.05, 0.1) is 5.69 Å². The maximum atomic E-state index is 4.57. The molecule has 1 aromatic rings. The summed E-state index contributed by atoms with van der Waals surface area (Å²) < 4.78 is 1.96. The molecule has 0 radical (unpaired) electrons. The molecular formula is C16H30N4. The van der Waals surface area contributed by atoms with Crippen molar-refractivity contribution in [1.82, 2.24) is 20.0 Å². The van der Waals surface area contributed by atoms with Crippen LogP contribution in [0.25, 0.3) is 0 Å². The zero-order valence-corrected chi connectivity index (χ0v) is 13.4. The Kier molecular flexibility index (Phi) is 6.05. The SMILES string of the molecule is CCCCN(Cc1cn(C)nc1CC)CC1CCCN1. The highest BCUT2D eigenvalue weighted by molar-refractivity contribution is 5.16. The molecule has 0 aromatic carbocycles. The standard InChI is InChI=1S/C16H30N4/c1-4-6-10-20(13-15-8-7-9-17-15)12-14-11-19(3)18-16(14)5-2/h11,15,17H,4-10,12-13H2,1-3H3. The average Bonchev–Trinajstić information content (AvgIpc) is 3.05. The van der Waals surface area contributed by atoms with E-state index < -0.39 is 0 Å². The lowest BCUT2D eigenvalue weighted by Crippen LogP contribution is -2.37. The largest absolute Gasteiger partial charge is 0.313 e.